The fraction of sp³-hybridized carbons (Fsp3) is 0.429. The minimum Gasteiger partial charge on any atom is -0.362 e. The van der Waals surface area contributed by atoms with E-state index in [-0.39, 0.29) is 5.91 Å². The number of carbonyl (C=O) groups excluding carboxylic acids is 1. The lowest BCUT2D eigenvalue weighted by atomic mass is 10.1. The highest BCUT2D eigenvalue weighted by molar-refractivity contribution is 9.10. The van der Waals surface area contributed by atoms with Crippen LogP contribution in [0, 0.1) is 0 Å². The smallest absolute Gasteiger partial charge is 0.255 e. The summed E-state index contributed by atoms with van der Waals surface area (Å²) >= 11 is 3.36. The summed E-state index contributed by atoms with van der Waals surface area (Å²) in [6.07, 6.45) is 4.81. The fourth-order valence-electron chi connectivity index (χ4n) is 2.07. The number of hydrogen-bond donors (Lipinski definition) is 2. The minimum absolute atomic E-state index is 0.0954. The molecule has 0 fully saturated rings. The Hall–Kier alpha value is -1.40. The Bertz CT molecular complexity index is 528. The number of amides is 1. The maximum Gasteiger partial charge on any atom is 0.255 e. The van der Waals surface area contributed by atoms with Gasteiger partial charge in [0.1, 0.15) is 5.82 Å². The van der Waals surface area contributed by atoms with Crippen molar-refractivity contribution in [2.75, 3.05) is 38.6 Å². The molecular weight excluding hydrogens is 320 g/mol. The Labute approximate surface area is 127 Å². The number of nitrogens with one attached hydrogen (secondary N) is 2. The molecule has 20 heavy (non-hydrogen) atoms. The van der Waals surface area contributed by atoms with Gasteiger partial charge in [-0.1, -0.05) is 11.6 Å². The van der Waals surface area contributed by atoms with Crippen LogP contribution in [0.1, 0.15) is 16.8 Å². The molecule has 2 heterocycles. The van der Waals surface area contributed by atoms with E-state index in [1.807, 2.05) is 19.0 Å². The van der Waals surface area contributed by atoms with Crippen molar-refractivity contribution in [1.29, 1.82) is 0 Å². The van der Waals surface area contributed by atoms with Gasteiger partial charge in [-0.15, -0.1) is 0 Å². The SMILES string of the molecule is CN(C)c1ncc(Br)cc1C(=O)NCC1=CCNCC1. The third-order valence-corrected chi connectivity index (χ3v) is 3.57. The fourth-order valence-corrected chi connectivity index (χ4v) is 2.41. The lowest BCUT2D eigenvalue weighted by Crippen LogP contribution is -2.30. The molecule has 0 radical (unpaired) electrons. The molecule has 0 saturated carbocycles. The monoisotopic (exact) mass is 338 g/mol. The number of carbonyl (C=O) groups is 1. The lowest BCUT2D eigenvalue weighted by Gasteiger charge is -2.17. The second-order valence-electron chi connectivity index (χ2n) is 4.92. The van der Waals surface area contributed by atoms with Crippen LogP contribution in [-0.2, 0) is 0 Å². The first-order chi connectivity index (χ1) is 9.58. The van der Waals surface area contributed by atoms with Crippen molar-refractivity contribution >= 4 is 27.7 Å². The molecule has 0 atom stereocenters. The van der Waals surface area contributed by atoms with Crippen molar-refractivity contribution < 1.29 is 4.79 Å². The number of halogens is 1. The lowest BCUT2D eigenvalue weighted by molar-refractivity contribution is 0.0957. The van der Waals surface area contributed by atoms with Gasteiger partial charge in [-0.05, 0) is 35.0 Å². The summed E-state index contributed by atoms with van der Waals surface area (Å²) < 4.78 is 0.800. The number of nitrogens with zero attached hydrogens (tertiary/aromatic N) is 2. The predicted molar refractivity (Wildman–Crippen MR) is 84.2 cm³/mol. The molecule has 1 aliphatic rings. The van der Waals surface area contributed by atoms with E-state index in [2.05, 4.69) is 37.6 Å². The van der Waals surface area contributed by atoms with Crippen LogP contribution < -0.4 is 15.5 Å². The zero-order valence-electron chi connectivity index (χ0n) is 11.7. The van der Waals surface area contributed by atoms with Gasteiger partial charge in [0.15, 0.2) is 0 Å². The molecule has 0 bridgehead atoms. The number of rotatable bonds is 4. The minimum atomic E-state index is -0.0954. The molecule has 6 heteroatoms. The first-order valence-electron chi connectivity index (χ1n) is 6.57. The molecule has 1 amide bonds. The largest absolute Gasteiger partial charge is 0.362 e. The van der Waals surface area contributed by atoms with E-state index >= 15 is 0 Å². The van der Waals surface area contributed by atoms with Crippen LogP contribution in [0.4, 0.5) is 5.82 Å². The second kappa shape index (κ2) is 6.85. The number of hydrogen-bond acceptors (Lipinski definition) is 4. The Morgan fingerprint density at radius 2 is 2.35 bits per heavy atom. The van der Waals surface area contributed by atoms with Gasteiger partial charge in [0.25, 0.3) is 5.91 Å². The standard InChI is InChI=1S/C14H19BrN4O/c1-19(2)13-12(7-11(15)9-17-13)14(20)18-8-10-3-5-16-6-4-10/h3,7,9,16H,4-6,8H2,1-2H3,(H,18,20). The van der Waals surface area contributed by atoms with Crippen molar-refractivity contribution in [3.8, 4) is 0 Å². The van der Waals surface area contributed by atoms with Crippen molar-refractivity contribution in [3.63, 3.8) is 0 Å². The molecule has 0 unspecified atom stereocenters. The molecule has 2 N–H and O–H groups in total. The van der Waals surface area contributed by atoms with Gasteiger partial charge in [0.2, 0.25) is 0 Å². The summed E-state index contributed by atoms with van der Waals surface area (Å²) in [6.45, 7) is 2.45. The summed E-state index contributed by atoms with van der Waals surface area (Å²) in [4.78, 5) is 18.4. The number of aromatic nitrogens is 1. The van der Waals surface area contributed by atoms with Gasteiger partial charge in [0, 0.05) is 37.9 Å². The Morgan fingerprint density at radius 3 is 3.00 bits per heavy atom. The summed E-state index contributed by atoms with van der Waals surface area (Å²) in [5.74, 6) is 0.576. The van der Waals surface area contributed by atoms with E-state index in [1.165, 1.54) is 5.57 Å². The van der Waals surface area contributed by atoms with Crippen LogP contribution in [0.3, 0.4) is 0 Å². The summed E-state index contributed by atoms with van der Waals surface area (Å²) in [7, 11) is 3.75. The van der Waals surface area contributed by atoms with E-state index in [0.717, 1.165) is 24.0 Å². The molecule has 0 saturated heterocycles. The van der Waals surface area contributed by atoms with Crippen LogP contribution in [0.15, 0.2) is 28.4 Å². The highest BCUT2D eigenvalue weighted by Gasteiger charge is 2.15. The molecule has 1 aromatic rings. The molecule has 108 valence electrons. The van der Waals surface area contributed by atoms with Gasteiger partial charge >= 0.3 is 0 Å². The highest BCUT2D eigenvalue weighted by Crippen LogP contribution is 2.20. The summed E-state index contributed by atoms with van der Waals surface area (Å²) in [5, 5.41) is 6.22. The normalized spacial score (nSPS) is 14.7. The molecular formula is C14H19BrN4O. The van der Waals surface area contributed by atoms with Crippen molar-refractivity contribution in [3.05, 3.63) is 33.9 Å². The molecule has 0 spiro atoms. The van der Waals surface area contributed by atoms with Crippen LogP contribution >= 0.6 is 15.9 Å². The van der Waals surface area contributed by atoms with Crippen molar-refractivity contribution in [2.24, 2.45) is 0 Å². The molecule has 1 aliphatic heterocycles. The van der Waals surface area contributed by atoms with E-state index in [4.69, 9.17) is 0 Å². The number of pyridine rings is 1. The van der Waals surface area contributed by atoms with E-state index in [1.54, 1.807) is 12.3 Å². The van der Waals surface area contributed by atoms with E-state index < -0.39 is 0 Å². The summed E-state index contributed by atoms with van der Waals surface area (Å²) in [5.41, 5.74) is 1.85. The Kier molecular flexibility index (Phi) is 5.14. The molecule has 2 rings (SSSR count). The zero-order valence-corrected chi connectivity index (χ0v) is 13.3. The van der Waals surface area contributed by atoms with Crippen LogP contribution in [-0.4, -0.2) is 44.6 Å². The second-order valence-corrected chi connectivity index (χ2v) is 5.83. The van der Waals surface area contributed by atoms with Gasteiger partial charge in [-0.25, -0.2) is 4.98 Å². The molecule has 0 aromatic carbocycles. The molecule has 1 aromatic heterocycles. The average molecular weight is 339 g/mol. The topological polar surface area (TPSA) is 57.3 Å². The zero-order chi connectivity index (χ0) is 14.5. The van der Waals surface area contributed by atoms with Crippen LogP contribution in [0.5, 0.6) is 0 Å². The van der Waals surface area contributed by atoms with Gasteiger partial charge in [-0.2, -0.15) is 0 Å². The van der Waals surface area contributed by atoms with E-state index in [9.17, 15) is 4.79 Å². The van der Waals surface area contributed by atoms with Gasteiger partial charge < -0.3 is 15.5 Å². The first-order valence-corrected chi connectivity index (χ1v) is 7.37. The first kappa shape index (κ1) is 15.0. The third-order valence-electron chi connectivity index (χ3n) is 3.14. The highest BCUT2D eigenvalue weighted by atomic mass is 79.9. The quantitative estimate of drug-likeness (QED) is 0.818. The maximum atomic E-state index is 12.3. The van der Waals surface area contributed by atoms with Crippen LogP contribution in [0.25, 0.3) is 0 Å². The van der Waals surface area contributed by atoms with Crippen molar-refractivity contribution in [1.82, 2.24) is 15.6 Å². The Balaban J connectivity index is 2.08. The average Bonchev–Trinajstić information content (AvgIpc) is 2.45. The van der Waals surface area contributed by atoms with Gasteiger partial charge in [-0.3, -0.25) is 4.79 Å². The molecule has 5 nitrogen and oxygen atoms in total. The van der Waals surface area contributed by atoms with E-state index in [0.29, 0.717) is 17.9 Å². The van der Waals surface area contributed by atoms with Crippen LogP contribution in [0.2, 0.25) is 0 Å². The van der Waals surface area contributed by atoms with Gasteiger partial charge in [0.05, 0.1) is 5.56 Å². The summed E-state index contributed by atoms with van der Waals surface area (Å²) in [6, 6.07) is 1.80. The maximum absolute atomic E-state index is 12.3. The number of anilines is 1. The van der Waals surface area contributed by atoms with Crippen molar-refractivity contribution in [2.45, 2.75) is 6.42 Å². The predicted octanol–water partition coefficient (Wildman–Crippen LogP) is 1.56. The Morgan fingerprint density at radius 1 is 1.55 bits per heavy atom. The molecule has 0 aliphatic carbocycles. The third kappa shape index (κ3) is 3.80.